The summed E-state index contributed by atoms with van der Waals surface area (Å²) in [5.41, 5.74) is -0.00204. The number of hydrogen-bond donors (Lipinski definition) is 2. The molecule has 23 heavy (non-hydrogen) atoms. The highest BCUT2D eigenvalue weighted by molar-refractivity contribution is 5.75. The van der Waals surface area contributed by atoms with Crippen LogP contribution >= 0.6 is 0 Å². The molecule has 0 aliphatic carbocycles. The first-order valence-electron chi connectivity index (χ1n) is 8.06. The zero-order chi connectivity index (χ0) is 16.8. The van der Waals surface area contributed by atoms with Crippen LogP contribution in [0.5, 0.6) is 0 Å². The van der Waals surface area contributed by atoms with Crippen molar-refractivity contribution in [3.63, 3.8) is 0 Å². The van der Waals surface area contributed by atoms with Gasteiger partial charge in [-0.15, -0.1) is 0 Å². The van der Waals surface area contributed by atoms with Crippen molar-refractivity contribution in [2.24, 2.45) is 5.92 Å². The lowest BCUT2D eigenvalue weighted by molar-refractivity contribution is -0.121. The van der Waals surface area contributed by atoms with E-state index in [2.05, 4.69) is 10.6 Å². The molecule has 0 aromatic heterocycles. The molecule has 1 fully saturated rings. The smallest absolute Gasteiger partial charge is 0.220 e. The molecule has 4 nitrogen and oxygen atoms in total. The minimum Gasteiger partial charge on any atom is -0.354 e. The van der Waals surface area contributed by atoms with E-state index in [1.165, 1.54) is 18.2 Å². The summed E-state index contributed by atoms with van der Waals surface area (Å²) < 4.78 is 27.9. The van der Waals surface area contributed by atoms with Gasteiger partial charge in [-0.05, 0) is 58.1 Å². The topological polar surface area (TPSA) is 44.4 Å². The summed E-state index contributed by atoms with van der Waals surface area (Å²) in [5, 5.41) is 6.08. The van der Waals surface area contributed by atoms with Crippen LogP contribution in [0.2, 0.25) is 0 Å². The maximum Gasteiger partial charge on any atom is 0.220 e. The molecule has 0 spiro atoms. The normalized spacial score (nSPS) is 19.1. The Morgan fingerprint density at radius 3 is 2.65 bits per heavy atom. The number of rotatable bonds is 7. The molecule has 1 aromatic carbocycles. The Bertz CT molecular complexity index is 510. The van der Waals surface area contributed by atoms with Gasteiger partial charge in [-0.3, -0.25) is 4.79 Å². The van der Waals surface area contributed by atoms with Gasteiger partial charge in [-0.2, -0.15) is 0 Å². The van der Waals surface area contributed by atoms with Crippen LogP contribution in [-0.4, -0.2) is 44.5 Å². The Morgan fingerprint density at radius 1 is 1.39 bits per heavy atom. The van der Waals surface area contributed by atoms with Crippen LogP contribution in [-0.2, 0) is 4.79 Å². The van der Waals surface area contributed by atoms with Crippen molar-refractivity contribution in [2.75, 3.05) is 33.7 Å². The number of nitrogens with one attached hydrogen (secondary N) is 2. The average Bonchev–Trinajstić information content (AvgIpc) is 3.01. The van der Waals surface area contributed by atoms with E-state index in [0.29, 0.717) is 12.3 Å². The molecule has 2 atom stereocenters. The lowest BCUT2D eigenvalue weighted by Crippen LogP contribution is -2.35. The van der Waals surface area contributed by atoms with Crippen molar-refractivity contribution in [3.8, 4) is 0 Å². The zero-order valence-electron chi connectivity index (χ0n) is 13.7. The average molecular weight is 325 g/mol. The molecule has 2 N–H and O–H groups in total. The highest BCUT2D eigenvalue weighted by Crippen LogP contribution is 2.24. The molecular formula is C17H25F2N3O. The van der Waals surface area contributed by atoms with E-state index in [1.54, 1.807) is 19.0 Å². The van der Waals surface area contributed by atoms with Crippen molar-refractivity contribution in [3.05, 3.63) is 35.4 Å². The van der Waals surface area contributed by atoms with Gasteiger partial charge in [0.1, 0.15) is 11.6 Å². The van der Waals surface area contributed by atoms with Gasteiger partial charge in [0.2, 0.25) is 5.91 Å². The Labute approximate surface area is 136 Å². The van der Waals surface area contributed by atoms with Crippen molar-refractivity contribution in [1.29, 1.82) is 0 Å². The zero-order valence-corrected chi connectivity index (χ0v) is 13.7. The number of benzene rings is 1. The van der Waals surface area contributed by atoms with Gasteiger partial charge in [0, 0.05) is 18.5 Å². The predicted octanol–water partition coefficient (Wildman–Crippen LogP) is 2.07. The van der Waals surface area contributed by atoms with Gasteiger partial charge in [0.05, 0.1) is 6.04 Å². The molecule has 1 aliphatic heterocycles. The summed E-state index contributed by atoms with van der Waals surface area (Å²) in [5.74, 6) is -0.695. The molecule has 128 valence electrons. The van der Waals surface area contributed by atoms with E-state index in [0.717, 1.165) is 25.9 Å². The molecular weight excluding hydrogens is 300 g/mol. The summed E-state index contributed by atoms with van der Waals surface area (Å²) in [4.78, 5) is 13.7. The Balaban J connectivity index is 1.90. The fourth-order valence-corrected chi connectivity index (χ4v) is 2.97. The lowest BCUT2D eigenvalue weighted by Gasteiger charge is -2.26. The largest absolute Gasteiger partial charge is 0.354 e. The second kappa shape index (κ2) is 8.36. The molecule has 1 amide bonds. The van der Waals surface area contributed by atoms with E-state index in [9.17, 15) is 13.6 Å². The van der Waals surface area contributed by atoms with Crippen LogP contribution in [0.25, 0.3) is 0 Å². The predicted molar refractivity (Wildman–Crippen MR) is 86.0 cm³/mol. The van der Waals surface area contributed by atoms with Gasteiger partial charge in [0.15, 0.2) is 0 Å². The summed E-state index contributed by atoms with van der Waals surface area (Å²) in [6, 6.07) is 3.29. The van der Waals surface area contributed by atoms with Gasteiger partial charge in [-0.1, -0.05) is 6.07 Å². The summed E-state index contributed by atoms with van der Waals surface area (Å²) in [7, 11) is 3.49. The maximum absolute atomic E-state index is 14.0. The molecule has 2 rings (SSSR count). The third-order valence-electron chi connectivity index (χ3n) is 4.39. The van der Waals surface area contributed by atoms with Crippen LogP contribution in [0.3, 0.4) is 0 Å². The van der Waals surface area contributed by atoms with E-state index in [4.69, 9.17) is 0 Å². The van der Waals surface area contributed by atoms with Gasteiger partial charge in [0.25, 0.3) is 0 Å². The molecule has 0 radical (unpaired) electrons. The Kier molecular flexibility index (Phi) is 6.47. The first-order chi connectivity index (χ1) is 11.0. The van der Waals surface area contributed by atoms with E-state index in [-0.39, 0.29) is 18.0 Å². The van der Waals surface area contributed by atoms with Gasteiger partial charge in [-0.25, -0.2) is 8.78 Å². The van der Waals surface area contributed by atoms with E-state index in [1.807, 2.05) is 0 Å². The molecule has 0 bridgehead atoms. The van der Waals surface area contributed by atoms with Crippen LogP contribution in [0.15, 0.2) is 18.2 Å². The second-order valence-electron chi connectivity index (χ2n) is 6.32. The molecule has 6 heteroatoms. The first-order valence-corrected chi connectivity index (χ1v) is 8.06. The molecule has 1 aliphatic rings. The van der Waals surface area contributed by atoms with Crippen LogP contribution in [0.1, 0.15) is 30.9 Å². The minimum absolute atomic E-state index is 0.00204. The highest BCUT2D eigenvalue weighted by atomic mass is 19.1. The lowest BCUT2D eigenvalue weighted by atomic mass is 10.0. The molecule has 0 saturated carbocycles. The van der Waals surface area contributed by atoms with Gasteiger partial charge >= 0.3 is 0 Å². The van der Waals surface area contributed by atoms with Gasteiger partial charge < -0.3 is 15.5 Å². The van der Waals surface area contributed by atoms with Crippen molar-refractivity contribution >= 4 is 5.91 Å². The fourth-order valence-electron chi connectivity index (χ4n) is 2.97. The third-order valence-corrected chi connectivity index (χ3v) is 4.39. The monoisotopic (exact) mass is 325 g/mol. The quantitative estimate of drug-likeness (QED) is 0.807. The van der Waals surface area contributed by atoms with Crippen molar-refractivity contribution in [2.45, 2.75) is 25.3 Å². The fraction of sp³-hybridized carbons (Fsp3) is 0.588. The van der Waals surface area contributed by atoms with Crippen molar-refractivity contribution in [1.82, 2.24) is 15.5 Å². The third kappa shape index (κ3) is 4.97. The Morgan fingerprint density at radius 2 is 2.09 bits per heavy atom. The number of halogens is 2. The second-order valence-corrected chi connectivity index (χ2v) is 6.32. The number of likely N-dealkylation sites (N-methyl/N-ethyl adjacent to an activating group) is 1. The standard InChI is InChI=1S/C17H25F2N3O/c1-22(2)15(17-13(18)4-3-5-14(17)19)11-21-16(23)7-6-12-8-9-20-10-12/h3-5,12,15,20H,6-11H2,1-2H3,(H,21,23). The number of carbonyl (C=O) groups is 1. The summed E-state index contributed by atoms with van der Waals surface area (Å²) in [6.07, 6.45) is 2.40. The van der Waals surface area contributed by atoms with Crippen LogP contribution in [0, 0.1) is 17.6 Å². The molecule has 1 heterocycles. The summed E-state index contributed by atoms with van der Waals surface area (Å²) in [6.45, 7) is 2.17. The van der Waals surface area contributed by atoms with Crippen LogP contribution < -0.4 is 10.6 Å². The van der Waals surface area contributed by atoms with E-state index < -0.39 is 17.7 Å². The van der Waals surface area contributed by atoms with Crippen molar-refractivity contribution < 1.29 is 13.6 Å². The maximum atomic E-state index is 14.0. The first kappa shape index (κ1) is 17.8. The number of hydrogen-bond acceptors (Lipinski definition) is 3. The van der Waals surface area contributed by atoms with E-state index >= 15 is 0 Å². The highest BCUT2D eigenvalue weighted by Gasteiger charge is 2.23. The number of carbonyl (C=O) groups excluding carboxylic acids is 1. The molecule has 1 aromatic rings. The molecule has 1 saturated heterocycles. The number of amides is 1. The summed E-state index contributed by atoms with van der Waals surface area (Å²) >= 11 is 0. The molecule has 2 unspecified atom stereocenters. The number of nitrogens with zero attached hydrogens (tertiary/aromatic N) is 1. The Hall–Kier alpha value is -1.53. The SMILES string of the molecule is CN(C)C(CNC(=O)CCC1CCNC1)c1c(F)cccc1F. The minimum atomic E-state index is -0.588. The van der Waals surface area contributed by atoms with Crippen LogP contribution in [0.4, 0.5) is 8.78 Å².